The van der Waals surface area contributed by atoms with Gasteiger partial charge in [-0.15, -0.1) is 0 Å². The molecule has 7 nitrogen and oxygen atoms in total. The fraction of sp³-hybridized carbons (Fsp3) is 0.778. The fourth-order valence-electron chi connectivity index (χ4n) is 4.21. The van der Waals surface area contributed by atoms with Crippen molar-refractivity contribution in [3.63, 3.8) is 0 Å². The number of aliphatic imine (C=N–C) groups is 1. The number of amides is 1. The second-order valence-electron chi connectivity index (χ2n) is 7.49. The second kappa shape index (κ2) is 8.29. The Morgan fingerprint density at radius 2 is 2.08 bits per heavy atom. The van der Waals surface area contributed by atoms with Crippen molar-refractivity contribution >= 4 is 22.8 Å². The van der Waals surface area contributed by atoms with Crippen LogP contribution in [0.15, 0.2) is 16.1 Å². The van der Waals surface area contributed by atoms with E-state index in [9.17, 15) is 9.90 Å². The molecule has 0 bridgehead atoms. The molecule has 2 atom stereocenters. The Balaban J connectivity index is 1.33. The smallest absolute Gasteiger partial charge is 0.228 e. The lowest BCUT2D eigenvalue weighted by Gasteiger charge is -2.30. The predicted octanol–water partition coefficient (Wildman–Crippen LogP) is 0.426. The van der Waals surface area contributed by atoms with Gasteiger partial charge in [0.1, 0.15) is 0 Å². The summed E-state index contributed by atoms with van der Waals surface area (Å²) in [5, 5.41) is 12.9. The van der Waals surface area contributed by atoms with Gasteiger partial charge in [0.05, 0.1) is 19.6 Å². The molecule has 0 spiro atoms. The summed E-state index contributed by atoms with van der Waals surface area (Å²) in [7, 11) is 0. The maximum atomic E-state index is 12.9. The number of rotatable bonds is 5. The van der Waals surface area contributed by atoms with E-state index in [-0.39, 0.29) is 18.4 Å². The van der Waals surface area contributed by atoms with Crippen molar-refractivity contribution in [2.75, 3.05) is 65.6 Å². The molecule has 4 heterocycles. The van der Waals surface area contributed by atoms with Gasteiger partial charge in [0.15, 0.2) is 5.17 Å². The van der Waals surface area contributed by atoms with Gasteiger partial charge in [-0.25, -0.2) is 0 Å². The molecule has 0 aromatic carbocycles. The van der Waals surface area contributed by atoms with Gasteiger partial charge in [0, 0.05) is 64.0 Å². The summed E-state index contributed by atoms with van der Waals surface area (Å²) in [4.78, 5) is 23.9. The Kier molecular flexibility index (Phi) is 5.83. The molecule has 2 fully saturated rings. The Morgan fingerprint density at radius 1 is 1.27 bits per heavy atom. The number of carbonyl (C=O) groups is 1. The lowest BCUT2D eigenvalue weighted by Crippen LogP contribution is -2.41. The van der Waals surface area contributed by atoms with E-state index in [0.717, 1.165) is 69.8 Å². The third kappa shape index (κ3) is 3.93. The summed E-state index contributed by atoms with van der Waals surface area (Å²) in [6, 6.07) is 0. The maximum Gasteiger partial charge on any atom is 0.228 e. The number of nitrogens with zero attached hydrogens (tertiary/aromatic N) is 4. The van der Waals surface area contributed by atoms with Crippen LogP contribution in [-0.2, 0) is 9.53 Å². The highest BCUT2D eigenvalue weighted by Crippen LogP contribution is 2.32. The Hall–Kier alpha value is -1.09. The normalized spacial score (nSPS) is 29.6. The molecular weight excluding hydrogens is 352 g/mol. The largest absolute Gasteiger partial charge is 0.396 e. The Bertz CT molecular complexity index is 591. The molecule has 0 aromatic rings. The number of thioether (sulfide) groups is 1. The summed E-state index contributed by atoms with van der Waals surface area (Å²) in [6.45, 7) is 7.84. The zero-order valence-electron chi connectivity index (χ0n) is 15.2. The van der Waals surface area contributed by atoms with E-state index >= 15 is 0 Å². The summed E-state index contributed by atoms with van der Waals surface area (Å²) in [5.74, 6) is 0.702. The van der Waals surface area contributed by atoms with Crippen LogP contribution in [0.4, 0.5) is 0 Å². The van der Waals surface area contributed by atoms with Gasteiger partial charge in [-0.1, -0.05) is 11.8 Å². The Labute approximate surface area is 159 Å². The molecule has 26 heavy (non-hydrogen) atoms. The fourth-order valence-corrected chi connectivity index (χ4v) is 5.17. The van der Waals surface area contributed by atoms with E-state index in [4.69, 9.17) is 4.74 Å². The number of fused-ring (bicyclic) bond motifs is 1. The molecule has 0 radical (unpaired) electrons. The van der Waals surface area contributed by atoms with Gasteiger partial charge in [0.25, 0.3) is 0 Å². The zero-order chi connectivity index (χ0) is 17.9. The van der Waals surface area contributed by atoms with Gasteiger partial charge < -0.3 is 19.6 Å². The van der Waals surface area contributed by atoms with Gasteiger partial charge in [-0.05, 0) is 17.7 Å². The third-order valence-corrected chi connectivity index (χ3v) is 6.71. The van der Waals surface area contributed by atoms with Crippen molar-refractivity contribution < 1.29 is 14.6 Å². The Morgan fingerprint density at radius 3 is 2.88 bits per heavy atom. The van der Waals surface area contributed by atoms with Crippen LogP contribution in [0.5, 0.6) is 0 Å². The molecule has 1 N–H and O–H groups in total. The van der Waals surface area contributed by atoms with Crippen molar-refractivity contribution in [3.05, 3.63) is 11.1 Å². The minimum absolute atomic E-state index is 0.153. The quantitative estimate of drug-likeness (QED) is 0.746. The van der Waals surface area contributed by atoms with Crippen LogP contribution in [0.25, 0.3) is 0 Å². The molecule has 1 amide bonds. The van der Waals surface area contributed by atoms with Crippen molar-refractivity contribution in [2.45, 2.75) is 12.8 Å². The number of carbonyl (C=O) groups excluding carboxylic acids is 1. The minimum atomic E-state index is 0.153. The van der Waals surface area contributed by atoms with Crippen molar-refractivity contribution in [1.29, 1.82) is 0 Å². The van der Waals surface area contributed by atoms with Crippen LogP contribution < -0.4 is 0 Å². The van der Waals surface area contributed by atoms with E-state index in [1.807, 2.05) is 4.90 Å². The number of likely N-dealkylation sites (tertiary alicyclic amines) is 1. The highest BCUT2D eigenvalue weighted by atomic mass is 32.2. The van der Waals surface area contributed by atoms with Crippen LogP contribution in [0.1, 0.15) is 12.8 Å². The number of amidine groups is 1. The number of ether oxygens (including phenoxy) is 1. The van der Waals surface area contributed by atoms with Gasteiger partial charge >= 0.3 is 0 Å². The highest BCUT2D eigenvalue weighted by molar-refractivity contribution is 8.16. The molecule has 0 unspecified atom stereocenters. The lowest BCUT2D eigenvalue weighted by molar-refractivity contribution is -0.129. The summed E-state index contributed by atoms with van der Waals surface area (Å²) >= 11 is 1.63. The van der Waals surface area contributed by atoms with Crippen LogP contribution in [0, 0.1) is 11.8 Å². The average Bonchev–Trinajstić information content (AvgIpc) is 3.27. The number of morpholine rings is 1. The third-order valence-electron chi connectivity index (χ3n) is 5.76. The molecule has 144 valence electrons. The SMILES string of the molecule is O=C(CC1=CSC2=NCCCN12)N1C[C@@H](CN2CCOCC2)[C@@H](CO)C1. The zero-order valence-corrected chi connectivity index (χ0v) is 16.0. The summed E-state index contributed by atoms with van der Waals surface area (Å²) in [5.41, 5.74) is 1.08. The maximum absolute atomic E-state index is 12.9. The van der Waals surface area contributed by atoms with Gasteiger partial charge in [-0.3, -0.25) is 14.7 Å². The lowest BCUT2D eigenvalue weighted by atomic mass is 9.96. The summed E-state index contributed by atoms with van der Waals surface area (Å²) in [6.07, 6.45) is 1.49. The highest BCUT2D eigenvalue weighted by Gasteiger charge is 2.37. The molecule has 2 saturated heterocycles. The first-order chi connectivity index (χ1) is 12.7. The van der Waals surface area contributed by atoms with Crippen LogP contribution in [0.2, 0.25) is 0 Å². The second-order valence-corrected chi connectivity index (χ2v) is 8.32. The number of hydrogen-bond donors (Lipinski definition) is 1. The molecule has 4 aliphatic heterocycles. The molecule has 0 aromatic heterocycles. The predicted molar refractivity (Wildman–Crippen MR) is 102 cm³/mol. The van der Waals surface area contributed by atoms with Gasteiger partial charge in [0.2, 0.25) is 5.91 Å². The van der Waals surface area contributed by atoms with Crippen molar-refractivity contribution in [2.24, 2.45) is 16.8 Å². The number of aliphatic hydroxyl groups excluding tert-OH is 1. The molecule has 4 aliphatic rings. The van der Waals surface area contributed by atoms with Crippen LogP contribution in [-0.4, -0.2) is 96.5 Å². The van der Waals surface area contributed by atoms with Crippen LogP contribution >= 0.6 is 11.8 Å². The first-order valence-corrected chi connectivity index (χ1v) is 10.5. The molecule has 4 rings (SSSR count). The monoisotopic (exact) mass is 380 g/mol. The van der Waals surface area contributed by atoms with E-state index < -0.39 is 0 Å². The van der Waals surface area contributed by atoms with E-state index in [1.165, 1.54) is 0 Å². The number of aliphatic hydroxyl groups is 1. The van der Waals surface area contributed by atoms with E-state index in [2.05, 4.69) is 20.2 Å². The first kappa shape index (κ1) is 18.3. The van der Waals surface area contributed by atoms with E-state index in [1.54, 1.807) is 11.8 Å². The standard InChI is InChI=1S/C18H28N4O3S/c23-12-15-11-21(10-14(15)9-20-4-6-25-7-5-20)17(24)8-16-13-26-18-19-2-1-3-22(16)18/h13-15,23H,1-12H2/t14-,15-/m1/s1. The molecular formula is C18H28N4O3S. The molecule has 0 aliphatic carbocycles. The molecule has 8 heteroatoms. The van der Waals surface area contributed by atoms with Crippen molar-refractivity contribution in [1.82, 2.24) is 14.7 Å². The van der Waals surface area contributed by atoms with Gasteiger partial charge in [-0.2, -0.15) is 0 Å². The number of hydrogen-bond acceptors (Lipinski definition) is 7. The topological polar surface area (TPSA) is 68.6 Å². The van der Waals surface area contributed by atoms with E-state index in [0.29, 0.717) is 18.9 Å². The summed E-state index contributed by atoms with van der Waals surface area (Å²) < 4.78 is 5.42. The first-order valence-electron chi connectivity index (χ1n) is 9.61. The molecule has 0 saturated carbocycles. The van der Waals surface area contributed by atoms with Crippen LogP contribution in [0.3, 0.4) is 0 Å². The van der Waals surface area contributed by atoms with Crippen molar-refractivity contribution in [3.8, 4) is 0 Å². The minimum Gasteiger partial charge on any atom is -0.396 e. The average molecular weight is 381 g/mol.